The molecule has 0 bridgehead atoms. The third-order valence-corrected chi connectivity index (χ3v) is 4.14. The number of aromatic nitrogens is 4. The number of nitrogens with zero attached hydrogens (tertiary/aromatic N) is 4. The summed E-state index contributed by atoms with van der Waals surface area (Å²) < 4.78 is 7.77. The first-order chi connectivity index (χ1) is 11.8. The van der Waals surface area contributed by atoms with Crippen molar-refractivity contribution in [1.29, 1.82) is 0 Å². The van der Waals surface area contributed by atoms with E-state index in [0.29, 0.717) is 23.5 Å². The van der Waals surface area contributed by atoms with Crippen LogP contribution in [0.4, 0.5) is 5.82 Å². The van der Waals surface area contributed by atoms with Crippen molar-refractivity contribution in [1.82, 2.24) is 19.7 Å². The van der Waals surface area contributed by atoms with Crippen molar-refractivity contribution in [3.63, 3.8) is 0 Å². The second kappa shape index (κ2) is 9.34. The van der Waals surface area contributed by atoms with E-state index in [4.69, 9.17) is 10.5 Å². The number of imidazole rings is 1. The van der Waals surface area contributed by atoms with Crippen LogP contribution in [0.25, 0.3) is 11.0 Å². The lowest BCUT2D eigenvalue weighted by Crippen LogP contribution is -2.32. The van der Waals surface area contributed by atoms with Gasteiger partial charge in [-0.1, -0.05) is 20.3 Å². The van der Waals surface area contributed by atoms with Gasteiger partial charge in [-0.05, 0) is 20.3 Å². The largest absolute Gasteiger partial charge is 0.472 e. The molecule has 0 spiro atoms. The number of anilines is 1. The summed E-state index contributed by atoms with van der Waals surface area (Å²) in [7, 11) is 0. The topological polar surface area (TPSA) is 119 Å². The standard InChI is InChI=1S/C17H29N5O3.ClH/c1-5-6-7-12-19-13-14(22(12)8-17(4,9-23)10-24)16(25-11(2)3)21-20-15(13)18;/h11,23-24H,5-10H2,1-4H3,(H2,18,20);1H. The summed E-state index contributed by atoms with van der Waals surface area (Å²) in [5, 5.41) is 27.5. The Morgan fingerprint density at radius 2 is 1.88 bits per heavy atom. The fraction of sp³-hybridized carbons (Fsp3) is 0.706. The minimum atomic E-state index is -0.693. The Hall–Kier alpha value is -1.64. The molecular formula is C17H30ClN5O3. The first kappa shape index (κ1) is 22.4. The Morgan fingerprint density at radius 3 is 2.42 bits per heavy atom. The van der Waals surface area contributed by atoms with Crippen molar-refractivity contribution in [3.8, 4) is 5.88 Å². The first-order valence-corrected chi connectivity index (χ1v) is 8.74. The molecule has 0 fully saturated rings. The Bertz CT molecular complexity index is 716. The lowest BCUT2D eigenvalue weighted by molar-refractivity contribution is 0.0555. The van der Waals surface area contributed by atoms with Gasteiger partial charge in [-0.15, -0.1) is 22.6 Å². The van der Waals surface area contributed by atoms with Gasteiger partial charge in [0.15, 0.2) is 5.82 Å². The van der Waals surface area contributed by atoms with E-state index < -0.39 is 5.41 Å². The molecule has 26 heavy (non-hydrogen) atoms. The van der Waals surface area contributed by atoms with Crippen LogP contribution in [-0.4, -0.2) is 49.3 Å². The minimum absolute atomic E-state index is 0. The molecule has 9 heteroatoms. The predicted molar refractivity (Wildman–Crippen MR) is 104 cm³/mol. The summed E-state index contributed by atoms with van der Waals surface area (Å²) in [4.78, 5) is 4.66. The number of aryl methyl sites for hydroxylation is 1. The number of aliphatic hydroxyl groups excluding tert-OH is 2. The van der Waals surface area contributed by atoms with E-state index in [-0.39, 0.29) is 37.5 Å². The maximum atomic E-state index is 9.71. The average molecular weight is 388 g/mol. The highest BCUT2D eigenvalue weighted by Crippen LogP contribution is 2.31. The molecule has 0 unspecified atom stereocenters. The average Bonchev–Trinajstić information content (AvgIpc) is 2.94. The van der Waals surface area contributed by atoms with Crippen LogP contribution in [0.2, 0.25) is 0 Å². The lowest BCUT2D eigenvalue weighted by Gasteiger charge is -2.26. The van der Waals surface area contributed by atoms with E-state index in [1.165, 1.54) is 0 Å². The summed E-state index contributed by atoms with van der Waals surface area (Å²) in [6, 6.07) is 0. The van der Waals surface area contributed by atoms with Crippen LogP contribution in [-0.2, 0) is 13.0 Å². The molecule has 0 radical (unpaired) electrons. The molecular weight excluding hydrogens is 358 g/mol. The number of hydrogen-bond acceptors (Lipinski definition) is 7. The van der Waals surface area contributed by atoms with Gasteiger partial charge >= 0.3 is 0 Å². The summed E-state index contributed by atoms with van der Waals surface area (Å²) >= 11 is 0. The van der Waals surface area contributed by atoms with E-state index in [1.54, 1.807) is 0 Å². The number of hydrogen-bond donors (Lipinski definition) is 3. The number of ether oxygens (including phenoxy) is 1. The molecule has 2 aromatic rings. The second-order valence-electron chi connectivity index (χ2n) is 7.10. The van der Waals surface area contributed by atoms with E-state index in [9.17, 15) is 10.2 Å². The monoisotopic (exact) mass is 387 g/mol. The van der Waals surface area contributed by atoms with Crippen LogP contribution in [0.1, 0.15) is 46.4 Å². The minimum Gasteiger partial charge on any atom is -0.472 e. The Labute approximate surface area is 160 Å². The van der Waals surface area contributed by atoms with Gasteiger partial charge in [0.05, 0.1) is 19.3 Å². The van der Waals surface area contributed by atoms with Gasteiger partial charge in [-0.3, -0.25) is 0 Å². The van der Waals surface area contributed by atoms with Gasteiger partial charge < -0.3 is 25.3 Å². The third-order valence-electron chi connectivity index (χ3n) is 4.14. The van der Waals surface area contributed by atoms with Gasteiger partial charge in [0.25, 0.3) is 5.88 Å². The molecule has 0 amide bonds. The van der Waals surface area contributed by atoms with Gasteiger partial charge in [0.2, 0.25) is 0 Å². The number of rotatable bonds is 9. The van der Waals surface area contributed by atoms with E-state index >= 15 is 0 Å². The van der Waals surface area contributed by atoms with Crippen molar-refractivity contribution >= 4 is 29.3 Å². The highest BCUT2D eigenvalue weighted by Gasteiger charge is 2.28. The molecule has 0 aliphatic heterocycles. The molecule has 148 valence electrons. The molecule has 2 heterocycles. The number of nitrogens with two attached hydrogens (primary N) is 1. The zero-order valence-electron chi connectivity index (χ0n) is 15.9. The molecule has 0 saturated heterocycles. The van der Waals surface area contributed by atoms with Crippen LogP contribution in [0.5, 0.6) is 5.88 Å². The van der Waals surface area contributed by atoms with Crippen molar-refractivity contribution < 1.29 is 14.9 Å². The van der Waals surface area contributed by atoms with E-state index in [0.717, 1.165) is 25.1 Å². The number of aliphatic hydroxyl groups is 2. The van der Waals surface area contributed by atoms with E-state index in [1.807, 2.05) is 25.3 Å². The fourth-order valence-corrected chi connectivity index (χ4v) is 2.62. The zero-order valence-corrected chi connectivity index (χ0v) is 16.7. The normalized spacial score (nSPS) is 11.8. The zero-order chi connectivity index (χ0) is 18.6. The number of unbranched alkanes of at least 4 members (excludes halogenated alkanes) is 1. The number of fused-ring (bicyclic) bond motifs is 1. The van der Waals surface area contributed by atoms with Crippen molar-refractivity contribution in [3.05, 3.63) is 5.82 Å². The first-order valence-electron chi connectivity index (χ1n) is 8.74. The Kier molecular flexibility index (Phi) is 8.05. The molecule has 0 saturated carbocycles. The third kappa shape index (κ3) is 4.75. The van der Waals surface area contributed by atoms with Crippen LogP contribution < -0.4 is 10.5 Å². The molecule has 0 aliphatic carbocycles. The highest BCUT2D eigenvalue weighted by molar-refractivity contribution is 5.88. The maximum Gasteiger partial charge on any atom is 0.260 e. The smallest absolute Gasteiger partial charge is 0.260 e. The highest BCUT2D eigenvalue weighted by atomic mass is 35.5. The maximum absolute atomic E-state index is 9.71. The molecule has 0 aliphatic rings. The molecule has 8 nitrogen and oxygen atoms in total. The van der Waals surface area contributed by atoms with Crippen LogP contribution in [0.15, 0.2) is 0 Å². The SMILES string of the molecule is CCCCc1nc2c(N)nnc(OC(C)C)c2n1CC(C)(CO)CO.Cl. The summed E-state index contributed by atoms with van der Waals surface area (Å²) in [5.41, 5.74) is 6.52. The summed E-state index contributed by atoms with van der Waals surface area (Å²) in [6.07, 6.45) is 2.69. The van der Waals surface area contributed by atoms with Crippen LogP contribution in [0, 0.1) is 5.41 Å². The predicted octanol–water partition coefficient (Wildman–Crippen LogP) is 1.95. The number of halogens is 1. The lowest BCUT2D eigenvalue weighted by atomic mass is 9.93. The Balaban J connectivity index is 0.00000338. The second-order valence-corrected chi connectivity index (χ2v) is 7.10. The van der Waals surface area contributed by atoms with E-state index in [2.05, 4.69) is 22.1 Å². The van der Waals surface area contributed by atoms with Gasteiger partial charge in [-0.25, -0.2) is 4.98 Å². The molecule has 4 N–H and O–H groups in total. The van der Waals surface area contributed by atoms with Crippen molar-refractivity contribution in [2.75, 3.05) is 18.9 Å². The number of nitrogen functional groups attached to an aromatic ring is 1. The van der Waals surface area contributed by atoms with Gasteiger partial charge in [0.1, 0.15) is 16.9 Å². The van der Waals surface area contributed by atoms with Crippen LogP contribution in [0.3, 0.4) is 0 Å². The molecule has 2 rings (SSSR count). The summed E-state index contributed by atoms with van der Waals surface area (Å²) in [5.74, 6) is 1.45. The molecule has 2 aromatic heterocycles. The Morgan fingerprint density at radius 1 is 1.23 bits per heavy atom. The summed E-state index contributed by atoms with van der Waals surface area (Å²) in [6.45, 7) is 7.85. The van der Waals surface area contributed by atoms with Crippen molar-refractivity contribution in [2.45, 2.75) is 59.6 Å². The van der Waals surface area contributed by atoms with Gasteiger partial charge in [-0.2, -0.15) is 0 Å². The molecule has 0 atom stereocenters. The quantitative estimate of drug-likeness (QED) is 0.601. The van der Waals surface area contributed by atoms with Crippen molar-refractivity contribution in [2.24, 2.45) is 5.41 Å². The van der Waals surface area contributed by atoms with Crippen LogP contribution >= 0.6 is 12.4 Å². The molecule has 0 aromatic carbocycles. The van der Waals surface area contributed by atoms with Gasteiger partial charge in [0, 0.05) is 18.4 Å². The fourth-order valence-electron chi connectivity index (χ4n) is 2.62.